The van der Waals surface area contributed by atoms with E-state index in [1.807, 2.05) is 18.2 Å². The number of aliphatic hydroxyl groups is 1. The zero-order chi connectivity index (χ0) is 18.5. The highest BCUT2D eigenvalue weighted by Gasteiger charge is 2.35. The van der Waals surface area contributed by atoms with Crippen LogP contribution in [0.4, 0.5) is 5.82 Å². The van der Waals surface area contributed by atoms with Crippen molar-refractivity contribution >= 4 is 16.7 Å². The zero-order valence-corrected chi connectivity index (χ0v) is 15.7. The van der Waals surface area contributed by atoms with Crippen molar-refractivity contribution < 1.29 is 5.11 Å². The molecule has 0 radical (unpaired) electrons. The van der Waals surface area contributed by atoms with Crippen LogP contribution in [0.5, 0.6) is 0 Å². The smallest absolute Gasteiger partial charge is 0.139 e. The van der Waals surface area contributed by atoms with Crippen molar-refractivity contribution in [2.45, 2.75) is 32.1 Å². The maximum absolute atomic E-state index is 10.3. The van der Waals surface area contributed by atoms with E-state index in [9.17, 15) is 5.11 Å². The molecule has 1 fully saturated rings. The van der Waals surface area contributed by atoms with Gasteiger partial charge in [0.2, 0.25) is 0 Å². The molecule has 1 saturated heterocycles. The van der Waals surface area contributed by atoms with E-state index in [1.165, 1.54) is 5.56 Å². The molecular formula is C23H27N3O. The second kappa shape index (κ2) is 8.05. The predicted molar refractivity (Wildman–Crippen MR) is 110 cm³/mol. The van der Waals surface area contributed by atoms with E-state index in [1.54, 1.807) is 6.33 Å². The Bertz CT molecular complexity index is 878. The Morgan fingerprint density at radius 1 is 1.00 bits per heavy atom. The lowest BCUT2D eigenvalue weighted by Crippen LogP contribution is -2.46. The Hall–Kier alpha value is -2.46. The number of fused-ring (bicyclic) bond motifs is 1. The second-order valence-electron chi connectivity index (χ2n) is 7.74. The third-order valence-corrected chi connectivity index (χ3v) is 5.83. The molecule has 1 aromatic heterocycles. The standard InChI is InChI=1S/C23H27N3O/c27-17-23(13-6-10-19-8-2-1-3-9-19)14-7-15-26(16-23)22-20-11-4-5-12-21(20)24-18-25-22/h1-5,8-9,11-12,18,27H,6-7,10,13-17H2. The molecule has 0 saturated carbocycles. The van der Waals surface area contributed by atoms with Crippen LogP contribution in [0.2, 0.25) is 0 Å². The largest absolute Gasteiger partial charge is 0.396 e. The summed E-state index contributed by atoms with van der Waals surface area (Å²) in [6.45, 7) is 2.09. The minimum Gasteiger partial charge on any atom is -0.396 e. The van der Waals surface area contributed by atoms with Gasteiger partial charge in [-0.15, -0.1) is 0 Å². The number of piperidine rings is 1. The molecule has 1 atom stereocenters. The number of rotatable bonds is 6. The fraction of sp³-hybridized carbons (Fsp3) is 0.391. The Morgan fingerprint density at radius 3 is 2.67 bits per heavy atom. The number of hydrogen-bond acceptors (Lipinski definition) is 4. The summed E-state index contributed by atoms with van der Waals surface area (Å²) < 4.78 is 0. The van der Waals surface area contributed by atoms with Gasteiger partial charge in [-0.25, -0.2) is 9.97 Å². The fourth-order valence-electron chi connectivity index (χ4n) is 4.36. The van der Waals surface area contributed by atoms with E-state index in [0.29, 0.717) is 0 Å². The van der Waals surface area contributed by atoms with E-state index in [-0.39, 0.29) is 12.0 Å². The van der Waals surface area contributed by atoms with Gasteiger partial charge in [-0.1, -0.05) is 42.5 Å². The van der Waals surface area contributed by atoms with E-state index in [4.69, 9.17) is 0 Å². The third-order valence-electron chi connectivity index (χ3n) is 5.83. The summed E-state index contributed by atoms with van der Waals surface area (Å²) in [6.07, 6.45) is 7.03. The third kappa shape index (κ3) is 3.96. The lowest BCUT2D eigenvalue weighted by Gasteiger charge is -2.42. The molecule has 1 unspecified atom stereocenters. The molecule has 4 nitrogen and oxygen atoms in total. The van der Waals surface area contributed by atoms with Crippen molar-refractivity contribution in [1.82, 2.24) is 9.97 Å². The first-order chi connectivity index (χ1) is 13.3. The van der Waals surface area contributed by atoms with Gasteiger partial charge < -0.3 is 10.0 Å². The summed E-state index contributed by atoms with van der Waals surface area (Å²) >= 11 is 0. The van der Waals surface area contributed by atoms with Crippen LogP contribution in [0.3, 0.4) is 0 Å². The van der Waals surface area contributed by atoms with Crippen molar-refractivity contribution in [1.29, 1.82) is 0 Å². The Balaban J connectivity index is 1.49. The lowest BCUT2D eigenvalue weighted by molar-refractivity contribution is 0.0939. The monoisotopic (exact) mass is 361 g/mol. The highest BCUT2D eigenvalue weighted by molar-refractivity contribution is 5.89. The molecule has 1 aliphatic rings. The van der Waals surface area contributed by atoms with Crippen LogP contribution in [0, 0.1) is 5.41 Å². The quantitative estimate of drug-likeness (QED) is 0.714. The lowest BCUT2D eigenvalue weighted by atomic mass is 9.76. The van der Waals surface area contributed by atoms with Crippen LogP contribution in [-0.4, -0.2) is 34.8 Å². The van der Waals surface area contributed by atoms with Gasteiger partial charge in [0.25, 0.3) is 0 Å². The molecule has 0 aliphatic carbocycles. The van der Waals surface area contributed by atoms with Gasteiger partial charge >= 0.3 is 0 Å². The molecule has 1 aliphatic heterocycles. The summed E-state index contributed by atoms with van der Waals surface area (Å²) in [4.78, 5) is 11.3. The van der Waals surface area contributed by atoms with Crippen molar-refractivity contribution in [2.24, 2.45) is 5.41 Å². The highest BCUT2D eigenvalue weighted by atomic mass is 16.3. The number of benzene rings is 2. The topological polar surface area (TPSA) is 49.2 Å². The van der Waals surface area contributed by atoms with Crippen LogP contribution in [-0.2, 0) is 6.42 Å². The molecule has 2 aromatic carbocycles. The molecule has 3 aromatic rings. The van der Waals surface area contributed by atoms with Gasteiger partial charge in [-0.2, -0.15) is 0 Å². The average molecular weight is 361 g/mol. The van der Waals surface area contributed by atoms with Crippen LogP contribution >= 0.6 is 0 Å². The minimum atomic E-state index is -0.0426. The van der Waals surface area contributed by atoms with E-state index in [2.05, 4.69) is 51.3 Å². The van der Waals surface area contributed by atoms with E-state index < -0.39 is 0 Å². The van der Waals surface area contributed by atoms with Gasteiger partial charge in [0.15, 0.2) is 0 Å². The van der Waals surface area contributed by atoms with Crippen LogP contribution in [0.1, 0.15) is 31.2 Å². The van der Waals surface area contributed by atoms with Crippen molar-refractivity contribution in [3.05, 3.63) is 66.5 Å². The van der Waals surface area contributed by atoms with Gasteiger partial charge in [-0.05, 0) is 49.8 Å². The summed E-state index contributed by atoms with van der Waals surface area (Å²) in [7, 11) is 0. The normalized spacial score (nSPS) is 20.1. The number of aryl methyl sites for hydroxylation is 1. The molecule has 0 spiro atoms. The Morgan fingerprint density at radius 2 is 1.81 bits per heavy atom. The number of para-hydroxylation sites is 1. The van der Waals surface area contributed by atoms with E-state index in [0.717, 1.165) is 61.9 Å². The molecule has 0 amide bonds. The minimum absolute atomic E-state index is 0.0426. The molecule has 1 N–H and O–H groups in total. The number of nitrogens with zero attached hydrogens (tertiary/aromatic N) is 3. The summed E-state index contributed by atoms with van der Waals surface area (Å²) in [5.74, 6) is 1.00. The average Bonchev–Trinajstić information content (AvgIpc) is 2.74. The SMILES string of the molecule is OCC1(CCCc2ccccc2)CCCN(c2ncnc3ccccc23)C1. The van der Waals surface area contributed by atoms with Crippen LogP contribution < -0.4 is 4.90 Å². The molecule has 2 heterocycles. The van der Waals surface area contributed by atoms with Gasteiger partial charge in [-0.3, -0.25) is 0 Å². The number of hydrogen-bond donors (Lipinski definition) is 1. The van der Waals surface area contributed by atoms with Crippen molar-refractivity contribution in [2.75, 3.05) is 24.6 Å². The Kier molecular flexibility index (Phi) is 5.35. The van der Waals surface area contributed by atoms with Gasteiger partial charge in [0, 0.05) is 23.9 Å². The Labute approximate surface area is 160 Å². The first kappa shape index (κ1) is 17.9. The summed E-state index contributed by atoms with van der Waals surface area (Å²) in [5, 5.41) is 11.4. The predicted octanol–water partition coefficient (Wildman–Crippen LogP) is 4.23. The van der Waals surface area contributed by atoms with Gasteiger partial charge in [0.05, 0.1) is 12.1 Å². The highest BCUT2D eigenvalue weighted by Crippen LogP contribution is 2.37. The maximum Gasteiger partial charge on any atom is 0.139 e. The number of aromatic nitrogens is 2. The fourth-order valence-corrected chi connectivity index (χ4v) is 4.36. The summed E-state index contributed by atoms with van der Waals surface area (Å²) in [6, 6.07) is 18.8. The van der Waals surface area contributed by atoms with Crippen molar-refractivity contribution in [3.63, 3.8) is 0 Å². The molecular weight excluding hydrogens is 334 g/mol. The van der Waals surface area contributed by atoms with Crippen LogP contribution in [0.15, 0.2) is 60.9 Å². The number of aliphatic hydroxyl groups excluding tert-OH is 1. The molecule has 0 bridgehead atoms. The maximum atomic E-state index is 10.3. The number of anilines is 1. The first-order valence-corrected chi connectivity index (χ1v) is 9.89. The molecule has 4 heteroatoms. The van der Waals surface area contributed by atoms with Crippen molar-refractivity contribution in [3.8, 4) is 0 Å². The molecule has 4 rings (SSSR count). The molecule has 140 valence electrons. The zero-order valence-electron chi connectivity index (χ0n) is 15.7. The van der Waals surface area contributed by atoms with E-state index >= 15 is 0 Å². The van der Waals surface area contributed by atoms with Crippen LogP contribution in [0.25, 0.3) is 10.9 Å². The first-order valence-electron chi connectivity index (χ1n) is 9.89. The summed E-state index contributed by atoms with van der Waals surface area (Å²) in [5.41, 5.74) is 2.31. The van der Waals surface area contributed by atoms with Gasteiger partial charge in [0.1, 0.15) is 12.1 Å². The second-order valence-corrected chi connectivity index (χ2v) is 7.74. The molecule has 27 heavy (non-hydrogen) atoms.